The van der Waals surface area contributed by atoms with Crippen molar-refractivity contribution in [3.63, 3.8) is 0 Å². The molecule has 0 saturated carbocycles. The first-order chi connectivity index (χ1) is 9.76. The van der Waals surface area contributed by atoms with Crippen LogP contribution in [0, 0.1) is 0 Å². The molecule has 20 heavy (non-hydrogen) atoms. The van der Waals surface area contributed by atoms with Crippen molar-refractivity contribution in [3.05, 3.63) is 52.9 Å². The number of hydrogen-bond donors (Lipinski definition) is 1. The summed E-state index contributed by atoms with van der Waals surface area (Å²) < 4.78 is 0. The molecule has 1 unspecified atom stereocenters. The molecule has 0 aliphatic carbocycles. The lowest BCUT2D eigenvalue weighted by Gasteiger charge is -2.20. The minimum Gasteiger partial charge on any atom is -0.363 e. The van der Waals surface area contributed by atoms with Gasteiger partial charge in [-0.15, -0.1) is 0 Å². The van der Waals surface area contributed by atoms with Gasteiger partial charge < -0.3 is 5.32 Å². The fraction of sp³-hybridized carbons (Fsp3) is 0.375. The molecule has 0 bridgehead atoms. The molecule has 1 atom stereocenters. The lowest BCUT2D eigenvalue weighted by Crippen LogP contribution is -2.13. The van der Waals surface area contributed by atoms with Crippen molar-refractivity contribution in [2.75, 3.05) is 5.32 Å². The van der Waals surface area contributed by atoms with E-state index in [4.69, 9.17) is 11.6 Å². The van der Waals surface area contributed by atoms with Crippen molar-refractivity contribution in [3.8, 4) is 0 Å². The van der Waals surface area contributed by atoms with E-state index in [0.717, 1.165) is 30.6 Å². The van der Waals surface area contributed by atoms with E-state index in [-0.39, 0.29) is 6.04 Å². The lowest BCUT2D eigenvalue weighted by molar-refractivity contribution is 0.739. The van der Waals surface area contributed by atoms with Crippen molar-refractivity contribution in [2.45, 2.75) is 39.2 Å². The first-order valence-corrected chi connectivity index (χ1v) is 7.44. The predicted octanol–water partition coefficient (Wildman–Crippen LogP) is 4.65. The molecule has 1 aromatic heterocycles. The van der Waals surface area contributed by atoms with Gasteiger partial charge in [0.15, 0.2) is 0 Å². The van der Waals surface area contributed by atoms with Gasteiger partial charge in [0.2, 0.25) is 0 Å². The molecular weight excluding hydrogens is 270 g/mol. The van der Waals surface area contributed by atoms with Gasteiger partial charge in [-0.1, -0.05) is 62.2 Å². The van der Waals surface area contributed by atoms with Crippen molar-refractivity contribution >= 4 is 17.4 Å². The Morgan fingerprint density at radius 3 is 2.55 bits per heavy atom. The molecule has 0 aliphatic rings. The summed E-state index contributed by atoms with van der Waals surface area (Å²) in [4.78, 5) is 8.44. The van der Waals surface area contributed by atoms with Gasteiger partial charge >= 0.3 is 0 Å². The van der Waals surface area contributed by atoms with Crippen LogP contribution >= 0.6 is 11.6 Å². The maximum absolute atomic E-state index is 6.19. The lowest BCUT2D eigenvalue weighted by atomic mass is 10.0. The van der Waals surface area contributed by atoms with E-state index < -0.39 is 0 Å². The second-order valence-electron chi connectivity index (χ2n) is 4.76. The molecule has 1 aromatic carbocycles. The van der Waals surface area contributed by atoms with Gasteiger partial charge in [0.05, 0.1) is 6.04 Å². The maximum atomic E-state index is 6.19. The molecule has 2 rings (SSSR count). The third-order valence-corrected chi connectivity index (χ3v) is 3.64. The largest absolute Gasteiger partial charge is 0.363 e. The van der Waals surface area contributed by atoms with E-state index in [2.05, 4.69) is 53.4 Å². The van der Waals surface area contributed by atoms with E-state index in [9.17, 15) is 0 Å². The second kappa shape index (κ2) is 7.25. The minimum atomic E-state index is 0.234. The van der Waals surface area contributed by atoms with Crippen LogP contribution in [-0.2, 0) is 6.42 Å². The van der Waals surface area contributed by atoms with Gasteiger partial charge in [-0.25, -0.2) is 9.97 Å². The number of aromatic nitrogens is 2. The molecule has 3 nitrogen and oxygen atoms in total. The summed E-state index contributed by atoms with van der Waals surface area (Å²) in [5.41, 5.74) is 2.26. The smallest absolute Gasteiger partial charge is 0.137 e. The third kappa shape index (κ3) is 3.48. The highest BCUT2D eigenvalue weighted by atomic mass is 35.5. The van der Waals surface area contributed by atoms with Gasteiger partial charge in [-0.3, -0.25) is 0 Å². The van der Waals surface area contributed by atoms with E-state index in [0.29, 0.717) is 5.15 Å². The quantitative estimate of drug-likeness (QED) is 0.787. The van der Waals surface area contributed by atoms with Gasteiger partial charge in [0.1, 0.15) is 17.3 Å². The Labute approximate surface area is 125 Å². The predicted molar refractivity (Wildman–Crippen MR) is 84.1 cm³/mol. The molecule has 0 saturated heterocycles. The third-order valence-electron chi connectivity index (χ3n) is 3.31. The Hall–Kier alpha value is -1.61. The SMILES string of the molecule is CCCc1c(Cl)ncnc1NC(CC)c1ccccc1. The fourth-order valence-electron chi connectivity index (χ4n) is 2.26. The molecule has 106 valence electrons. The fourth-order valence-corrected chi connectivity index (χ4v) is 2.49. The second-order valence-corrected chi connectivity index (χ2v) is 5.12. The summed E-state index contributed by atoms with van der Waals surface area (Å²) >= 11 is 6.19. The summed E-state index contributed by atoms with van der Waals surface area (Å²) in [7, 11) is 0. The molecule has 1 heterocycles. The van der Waals surface area contributed by atoms with Gasteiger partial charge in [0, 0.05) is 5.56 Å². The number of hydrogen-bond acceptors (Lipinski definition) is 3. The van der Waals surface area contributed by atoms with Gasteiger partial charge in [-0.05, 0) is 18.4 Å². The molecule has 1 N–H and O–H groups in total. The Kier molecular flexibility index (Phi) is 5.36. The van der Waals surface area contributed by atoms with Crippen LogP contribution in [0.2, 0.25) is 5.15 Å². The monoisotopic (exact) mass is 289 g/mol. The van der Waals surface area contributed by atoms with E-state index in [1.54, 1.807) is 0 Å². The standard InChI is InChI=1S/C16H20ClN3/c1-3-8-13-15(17)18-11-19-16(13)20-14(4-2)12-9-6-5-7-10-12/h5-7,9-11,14H,3-4,8H2,1-2H3,(H,18,19,20). The Balaban J connectivity index is 2.26. The molecule has 0 radical (unpaired) electrons. The van der Waals surface area contributed by atoms with Crippen LogP contribution in [0.3, 0.4) is 0 Å². The minimum absolute atomic E-state index is 0.234. The number of halogens is 1. The first kappa shape index (κ1) is 14.8. The molecule has 2 aromatic rings. The highest BCUT2D eigenvalue weighted by molar-refractivity contribution is 6.30. The Bertz CT molecular complexity index is 543. The molecule has 0 spiro atoms. The average Bonchev–Trinajstić information content (AvgIpc) is 2.49. The molecule has 0 amide bonds. The van der Waals surface area contributed by atoms with E-state index >= 15 is 0 Å². The van der Waals surface area contributed by atoms with E-state index in [1.165, 1.54) is 11.9 Å². The summed E-state index contributed by atoms with van der Waals surface area (Å²) in [6.45, 7) is 4.29. The summed E-state index contributed by atoms with van der Waals surface area (Å²) in [5.74, 6) is 0.850. The zero-order valence-corrected chi connectivity index (χ0v) is 12.7. The van der Waals surface area contributed by atoms with Crippen LogP contribution in [0.1, 0.15) is 43.9 Å². The van der Waals surface area contributed by atoms with E-state index in [1.807, 2.05) is 6.07 Å². The number of rotatable bonds is 6. The van der Waals surface area contributed by atoms with Crippen LogP contribution < -0.4 is 5.32 Å². The Morgan fingerprint density at radius 1 is 1.15 bits per heavy atom. The normalized spacial score (nSPS) is 12.2. The van der Waals surface area contributed by atoms with Crippen molar-refractivity contribution in [1.29, 1.82) is 0 Å². The van der Waals surface area contributed by atoms with Gasteiger partial charge in [-0.2, -0.15) is 0 Å². The molecule has 0 aliphatic heterocycles. The molecule has 0 fully saturated rings. The van der Waals surface area contributed by atoms with Crippen LogP contribution in [0.25, 0.3) is 0 Å². The topological polar surface area (TPSA) is 37.8 Å². The zero-order valence-electron chi connectivity index (χ0n) is 11.9. The first-order valence-electron chi connectivity index (χ1n) is 7.07. The molecule has 4 heteroatoms. The van der Waals surface area contributed by atoms with Crippen molar-refractivity contribution in [1.82, 2.24) is 9.97 Å². The summed E-state index contributed by atoms with van der Waals surface area (Å²) in [6, 6.07) is 10.6. The Morgan fingerprint density at radius 2 is 1.90 bits per heavy atom. The van der Waals surface area contributed by atoms with Crippen molar-refractivity contribution < 1.29 is 0 Å². The van der Waals surface area contributed by atoms with Gasteiger partial charge in [0.25, 0.3) is 0 Å². The van der Waals surface area contributed by atoms with Crippen molar-refractivity contribution in [2.24, 2.45) is 0 Å². The van der Waals surface area contributed by atoms with Crippen LogP contribution in [0.5, 0.6) is 0 Å². The zero-order chi connectivity index (χ0) is 14.4. The highest BCUT2D eigenvalue weighted by Gasteiger charge is 2.14. The number of nitrogens with one attached hydrogen (secondary N) is 1. The maximum Gasteiger partial charge on any atom is 0.137 e. The number of nitrogens with zero attached hydrogens (tertiary/aromatic N) is 2. The summed E-state index contributed by atoms with van der Waals surface area (Å²) in [6.07, 6.45) is 4.40. The summed E-state index contributed by atoms with van der Waals surface area (Å²) in [5, 5.41) is 4.05. The van der Waals surface area contributed by atoms with Crippen LogP contribution in [-0.4, -0.2) is 9.97 Å². The highest BCUT2D eigenvalue weighted by Crippen LogP contribution is 2.27. The molecular formula is C16H20ClN3. The number of anilines is 1. The van der Waals surface area contributed by atoms with Crippen LogP contribution in [0.4, 0.5) is 5.82 Å². The van der Waals surface area contributed by atoms with Crippen LogP contribution in [0.15, 0.2) is 36.7 Å². The number of benzene rings is 1. The average molecular weight is 290 g/mol.